The van der Waals surface area contributed by atoms with E-state index < -0.39 is 11.6 Å². The Labute approximate surface area is 118 Å². The largest absolute Gasteiger partial charge is 0.340 e. The van der Waals surface area contributed by atoms with Crippen molar-refractivity contribution in [3.63, 3.8) is 0 Å². The van der Waals surface area contributed by atoms with Crippen molar-refractivity contribution in [3.8, 4) is 0 Å². The molecule has 0 saturated carbocycles. The van der Waals surface area contributed by atoms with Crippen molar-refractivity contribution in [1.29, 1.82) is 0 Å². The molecule has 1 aromatic rings. The van der Waals surface area contributed by atoms with Gasteiger partial charge in [-0.15, -0.1) is 0 Å². The van der Waals surface area contributed by atoms with Crippen LogP contribution >= 0.6 is 0 Å². The summed E-state index contributed by atoms with van der Waals surface area (Å²) < 4.78 is 26.9. The quantitative estimate of drug-likeness (QED) is 0.850. The van der Waals surface area contributed by atoms with Gasteiger partial charge in [0.1, 0.15) is 11.6 Å². The van der Waals surface area contributed by atoms with Gasteiger partial charge in [-0.1, -0.05) is 13.0 Å². The van der Waals surface area contributed by atoms with E-state index in [-0.39, 0.29) is 11.9 Å². The van der Waals surface area contributed by atoms with Gasteiger partial charge in [-0.3, -0.25) is 9.69 Å². The number of amides is 1. The van der Waals surface area contributed by atoms with E-state index in [1.165, 1.54) is 12.1 Å². The van der Waals surface area contributed by atoms with Gasteiger partial charge >= 0.3 is 0 Å². The molecule has 1 aliphatic rings. The molecule has 3 nitrogen and oxygen atoms in total. The molecule has 1 amide bonds. The minimum Gasteiger partial charge on any atom is -0.340 e. The molecule has 0 bridgehead atoms. The second-order valence-electron chi connectivity index (χ2n) is 5.13. The number of carbonyl (C=O) groups is 1. The van der Waals surface area contributed by atoms with Crippen LogP contribution in [0.25, 0.3) is 0 Å². The van der Waals surface area contributed by atoms with Crippen molar-refractivity contribution in [3.05, 3.63) is 35.4 Å². The molecule has 0 radical (unpaired) electrons. The lowest BCUT2D eigenvalue weighted by Gasteiger charge is -2.39. The van der Waals surface area contributed by atoms with Crippen molar-refractivity contribution in [2.24, 2.45) is 0 Å². The molecule has 1 unspecified atom stereocenters. The van der Waals surface area contributed by atoms with E-state index in [1.807, 2.05) is 6.92 Å². The molecule has 1 aromatic carbocycles. The fourth-order valence-electron chi connectivity index (χ4n) is 2.80. The Hall–Kier alpha value is -1.49. The fraction of sp³-hybridized carbons (Fsp3) is 0.533. The van der Waals surface area contributed by atoms with E-state index >= 15 is 0 Å². The number of piperazine rings is 1. The molecule has 110 valence electrons. The second kappa shape index (κ2) is 6.31. The van der Waals surface area contributed by atoms with Gasteiger partial charge in [0.25, 0.3) is 0 Å². The minimum atomic E-state index is -0.553. The predicted octanol–water partition coefficient (Wildman–Crippen LogP) is 2.58. The van der Waals surface area contributed by atoms with Gasteiger partial charge in [0.2, 0.25) is 5.91 Å². The number of hydrogen-bond acceptors (Lipinski definition) is 2. The van der Waals surface area contributed by atoms with Crippen LogP contribution in [0.2, 0.25) is 0 Å². The third-order valence-electron chi connectivity index (χ3n) is 3.91. The van der Waals surface area contributed by atoms with Gasteiger partial charge in [-0.05, 0) is 12.5 Å². The van der Waals surface area contributed by atoms with E-state index in [0.29, 0.717) is 18.7 Å². The molecule has 1 heterocycles. The second-order valence-corrected chi connectivity index (χ2v) is 5.13. The molecule has 1 atom stereocenters. The Kier molecular flexibility index (Phi) is 4.70. The van der Waals surface area contributed by atoms with Crippen molar-refractivity contribution < 1.29 is 13.6 Å². The summed E-state index contributed by atoms with van der Waals surface area (Å²) in [5.74, 6) is -0.973. The van der Waals surface area contributed by atoms with Crippen molar-refractivity contribution in [2.75, 3.05) is 26.2 Å². The lowest BCUT2D eigenvalue weighted by atomic mass is 10.0. The predicted molar refractivity (Wildman–Crippen MR) is 73.2 cm³/mol. The lowest BCUT2D eigenvalue weighted by molar-refractivity contribution is -0.130. The minimum absolute atomic E-state index is 0.0651. The average Bonchev–Trinajstić information content (AvgIpc) is 2.42. The Balaban J connectivity index is 2.11. The highest BCUT2D eigenvalue weighted by atomic mass is 19.1. The third kappa shape index (κ3) is 3.15. The highest BCUT2D eigenvalue weighted by Crippen LogP contribution is 2.27. The lowest BCUT2D eigenvalue weighted by Crippen LogP contribution is -2.49. The summed E-state index contributed by atoms with van der Waals surface area (Å²) in [7, 11) is 0. The number of hydrogen-bond donors (Lipinski definition) is 0. The number of nitrogens with zero attached hydrogens (tertiary/aromatic N) is 2. The molecule has 2 rings (SSSR count). The molecule has 0 aromatic heterocycles. The van der Waals surface area contributed by atoms with Crippen LogP contribution in [0.15, 0.2) is 18.2 Å². The van der Waals surface area contributed by atoms with Gasteiger partial charge < -0.3 is 4.90 Å². The molecule has 1 saturated heterocycles. The molecular weight excluding hydrogens is 262 g/mol. The Morgan fingerprint density at radius 3 is 2.40 bits per heavy atom. The van der Waals surface area contributed by atoms with Gasteiger partial charge in [0.05, 0.1) is 0 Å². The normalized spacial score (nSPS) is 18.1. The van der Waals surface area contributed by atoms with Crippen molar-refractivity contribution in [1.82, 2.24) is 9.80 Å². The van der Waals surface area contributed by atoms with Crippen LogP contribution in [0.3, 0.4) is 0 Å². The summed E-state index contributed by atoms with van der Waals surface area (Å²) in [6, 6.07) is 3.69. The van der Waals surface area contributed by atoms with Gasteiger partial charge in [-0.2, -0.15) is 0 Å². The van der Waals surface area contributed by atoms with E-state index in [0.717, 1.165) is 25.6 Å². The first-order valence-corrected chi connectivity index (χ1v) is 6.97. The van der Waals surface area contributed by atoms with Gasteiger partial charge in [0, 0.05) is 50.8 Å². The van der Waals surface area contributed by atoms with Crippen molar-refractivity contribution >= 4 is 5.91 Å². The number of halogens is 2. The van der Waals surface area contributed by atoms with Crippen LogP contribution in [0.4, 0.5) is 8.78 Å². The zero-order valence-corrected chi connectivity index (χ0v) is 11.9. The first-order valence-electron chi connectivity index (χ1n) is 6.97. The topological polar surface area (TPSA) is 23.6 Å². The average molecular weight is 282 g/mol. The molecular formula is C15H20F2N2O. The van der Waals surface area contributed by atoms with Crippen LogP contribution < -0.4 is 0 Å². The van der Waals surface area contributed by atoms with E-state index in [1.54, 1.807) is 11.8 Å². The molecule has 5 heteroatoms. The molecule has 20 heavy (non-hydrogen) atoms. The molecule has 0 N–H and O–H groups in total. The third-order valence-corrected chi connectivity index (χ3v) is 3.91. The zero-order chi connectivity index (χ0) is 14.7. The smallest absolute Gasteiger partial charge is 0.219 e. The van der Waals surface area contributed by atoms with E-state index in [4.69, 9.17) is 0 Å². The summed E-state index contributed by atoms with van der Waals surface area (Å²) in [6.45, 7) is 6.31. The van der Waals surface area contributed by atoms with E-state index in [2.05, 4.69) is 4.90 Å². The highest BCUT2D eigenvalue weighted by Gasteiger charge is 2.26. The van der Waals surface area contributed by atoms with Crippen LogP contribution in [-0.4, -0.2) is 41.9 Å². The molecule has 0 spiro atoms. The Morgan fingerprint density at radius 2 is 1.90 bits per heavy atom. The SMILES string of the molecule is CCC(c1ccc(F)cc1F)N1CCN(C(C)=O)CC1. The van der Waals surface area contributed by atoms with Crippen molar-refractivity contribution in [2.45, 2.75) is 26.3 Å². The summed E-state index contributed by atoms with van der Waals surface area (Å²) in [6.07, 6.45) is 0.753. The van der Waals surface area contributed by atoms with Crippen LogP contribution in [-0.2, 0) is 4.79 Å². The maximum absolute atomic E-state index is 13.9. The maximum atomic E-state index is 13.9. The standard InChI is InChI=1S/C15H20F2N2O/c1-3-15(13-5-4-12(16)10-14(13)17)19-8-6-18(7-9-19)11(2)20/h4-5,10,15H,3,6-9H2,1-2H3. The number of carbonyl (C=O) groups excluding carboxylic acids is 1. The number of rotatable bonds is 3. The first kappa shape index (κ1) is 14.9. The Morgan fingerprint density at radius 1 is 1.25 bits per heavy atom. The molecule has 1 aliphatic heterocycles. The maximum Gasteiger partial charge on any atom is 0.219 e. The van der Waals surface area contributed by atoms with E-state index in [9.17, 15) is 13.6 Å². The summed E-state index contributed by atoms with van der Waals surface area (Å²) >= 11 is 0. The number of benzene rings is 1. The van der Waals surface area contributed by atoms with Crippen LogP contribution in [0, 0.1) is 11.6 Å². The fourth-order valence-corrected chi connectivity index (χ4v) is 2.80. The summed E-state index contributed by atoms with van der Waals surface area (Å²) in [5, 5.41) is 0. The van der Waals surface area contributed by atoms with Gasteiger partial charge in [-0.25, -0.2) is 8.78 Å². The van der Waals surface area contributed by atoms with Crippen LogP contribution in [0.5, 0.6) is 0 Å². The Bertz CT molecular complexity index is 485. The van der Waals surface area contributed by atoms with Gasteiger partial charge in [0.15, 0.2) is 0 Å². The summed E-state index contributed by atoms with van der Waals surface area (Å²) in [4.78, 5) is 15.3. The van der Waals surface area contributed by atoms with Crippen LogP contribution in [0.1, 0.15) is 31.9 Å². The zero-order valence-electron chi connectivity index (χ0n) is 11.9. The molecule has 1 fully saturated rings. The molecule has 0 aliphatic carbocycles. The highest BCUT2D eigenvalue weighted by molar-refractivity contribution is 5.73. The first-order chi connectivity index (χ1) is 9.52. The summed E-state index contributed by atoms with van der Waals surface area (Å²) in [5.41, 5.74) is 0.533. The monoisotopic (exact) mass is 282 g/mol.